The van der Waals surface area contributed by atoms with Crippen molar-refractivity contribution in [3.05, 3.63) is 70.5 Å². The third kappa shape index (κ3) is 3.51. The topological polar surface area (TPSA) is 51.1 Å². The van der Waals surface area contributed by atoms with E-state index in [4.69, 9.17) is 0 Å². The van der Waals surface area contributed by atoms with Crippen LogP contribution >= 0.6 is 11.8 Å². The molecule has 0 fully saturated rings. The highest BCUT2D eigenvalue weighted by Crippen LogP contribution is 2.19. The Kier molecular flexibility index (Phi) is 4.71. The maximum atomic E-state index is 12.4. The van der Waals surface area contributed by atoms with E-state index in [1.807, 2.05) is 55.6 Å². The number of hydrogen-bond donors (Lipinski definition) is 1. The SMILES string of the molecule is CSc1cccc(NC(=O)Cn2ccc(=O)c3cc(C)ccc32)c1. The lowest BCUT2D eigenvalue weighted by Gasteiger charge is -2.12. The number of carbonyl (C=O) groups is 1. The van der Waals surface area contributed by atoms with Crippen molar-refractivity contribution in [1.29, 1.82) is 0 Å². The lowest BCUT2D eigenvalue weighted by Crippen LogP contribution is -2.20. The van der Waals surface area contributed by atoms with Crippen LogP contribution in [0.1, 0.15) is 5.56 Å². The van der Waals surface area contributed by atoms with E-state index in [0.717, 1.165) is 21.7 Å². The summed E-state index contributed by atoms with van der Waals surface area (Å²) in [4.78, 5) is 25.5. The molecule has 0 saturated carbocycles. The molecule has 1 amide bonds. The van der Waals surface area contributed by atoms with Crippen LogP contribution in [0.2, 0.25) is 0 Å². The molecular weight excluding hydrogens is 320 g/mol. The van der Waals surface area contributed by atoms with Gasteiger partial charge in [-0.2, -0.15) is 0 Å². The molecule has 1 aromatic heterocycles. The number of fused-ring (bicyclic) bond motifs is 1. The van der Waals surface area contributed by atoms with Crippen molar-refractivity contribution < 1.29 is 4.79 Å². The van der Waals surface area contributed by atoms with Gasteiger partial charge in [0.2, 0.25) is 5.91 Å². The van der Waals surface area contributed by atoms with Crippen molar-refractivity contribution in [2.75, 3.05) is 11.6 Å². The molecule has 0 aliphatic carbocycles. The molecule has 1 N–H and O–H groups in total. The van der Waals surface area contributed by atoms with Crippen molar-refractivity contribution in [3.63, 3.8) is 0 Å². The Bertz CT molecular complexity index is 963. The van der Waals surface area contributed by atoms with Gasteiger partial charge < -0.3 is 9.88 Å². The first-order valence-corrected chi connectivity index (χ1v) is 8.83. The fraction of sp³-hybridized carbons (Fsp3) is 0.158. The van der Waals surface area contributed by atoms with Crippen LogP contribution < -0.4 is 10.7 Å². The van der Waals surface area contributed by atoms with E-state index in [9.17, 15) is 9.59 Å². The first kappa shape index (κ1) is 16.3. The van der Waals surface area contributed by atoms with Gasteiger partial charge in [-0.3, -0.25) is 9.59 Å². The Hall–Kier alpha value is -2.53. The molecule has 0 saturated heterocycles. The van der Waals surface area contributed by atoms with E-state index in [-0.39, 0.29) is 17.9 Å². The van der Waals surface area contributed by atoms with E-state index in [2.05, 4.69) is 5.32 Å². The molecule has 5 heteroatoms. The lowest BCUT2D eigenvalue weighted by molar-refractivity contribution is -0.116. The van der Waals surface area contributed by atoms with Crippen LogP contribution in [-0.4, -0.2) is 16.7 Å². The average molecular weight is 338 g/mol. The van der Waals surface area contributed by atoms with Crippen LogP contribution in [-0.2, 0) is 11.3 Å². The molecule has 2 aromatic carbocycles. The predicted octanol–water partition coefficient (Wildman–Crippen LogP) is 3.67. The van der Waals surface area contributed by atoms with E-state index in [0.29, 0.717) is 5.39 Å². The Balaban J connectivity index is 1.85. The minimum absolute atomic E-state index is 0.0296. The van der Waals surface area contributed by atoms with Crippen molar-refractivity contribution in [3.8, 4) is 0 Å². The summed E-state index contributed by atoms with van der Waals surface area (Å²) in [6.07, 6.45) is 3.66. The van der Waals surface area contributed by atoms with Crippen LogP contribution in [0.5, 0.6) is 0 Å². The molecule has 0 atom stereocenters. The zero-order valence-electron chi connectivity index (χ0n) is 13.6. The van der Waals surface area contributed by atoms with Crippen LogP contribution in [0.3, 0.4) is 0 Å². The molecule has 24 heavy (non-hydrogen) atoms. The third-order valence-corrected chi connectivity index (χ3v) is 4.53. The summed E-state index contributed by atoms with van der Waals surface area (Å²) in [5.41, 5.74) is 2.53. The standard InChI is InChI=1S/C19H18N2O2S/c1-13-6-7-17-16(10-13)18(22)8-9-21(17)12-19(23)20-14-4-3-5-15(11-14)24-2/h3-11H,12H2,1-2H3,(H,20,23). The maximum absolute atomic E-state index is 12.4. The predicted molar refractivity (Wildman–Crippen MR) is 99.8 cm³/mol. The number of benzene rings is 2. The molecule has 0 aliphatic rings. The number of anilines is 1. The number of rotatable bonds is 4. The van der Waals surface area contributed by atoms with Gasteiger partial charge in [0.05, 0.1) is 5.52 Å². The van der Waals surface area contributed by atoms with Crippen molar-refractivity contribution in [2.24, 2.45) is 0 Å². The Morgan fingerprint density at radius 3 is 2.79 bits per heavy atom. The van der Waals surface area contributed by atoms with Gasteiger partial charge in [-0.05, 0) is 43.5 Å². The van der Waals surface area contributed by atoms with Gasteiger partial charge in [0.25, 0.3) is 0 Å². The number of aryl methyl sites for hydroxylation is 1. The van der Waals surface area contributed by atoms with Crippen LogP contribution in [0.4, 0.5) is 5.69 Å². The molecule has 0 aliphatic heterocycles. The maximum Gasteiger partial charge on any atom is 0.244 e. The number of hydrogen-bond acceptors (Lipinski definition) is 3. The van der Waals surface area contributed by atoms with E-state index in [1.54, 1.807) is 22.5 Å². The van der Waals surface area contributed by atoms with Crippen molar-refractivity contribution in [2.45, 2.75) is 18.4 Å². The van der Waals surface area contributed by atoms with Crippen LogP contribution in [0.15, 0.2) is 64.4 Å². The Labute approximate surface area is 144 Å². The summed E-state index contributed by atoms with van der Waals surface area (Å²) in [5.74, 6) is -0.126. The zero-order valence-corrected chi connectivity index (χ0v) is 14.4. The molecule has 0 spiro atoms. The number of nitrogens with zero attached hydrogens (tertiary/aromatic N) is 1. The van der Waals surface area contributed by atoms with E-state index >= 15 is 0 Å². The number of nitrogens with one attached hydrogen (secondary N) is 1. The zero-order chi connectivity index (χ0) is 17.1. The fourth-order valence-corrected chi connectivity index (χ4v) is 3.08. The van der Waals surface area contributed by atoms with Crippen molar-refractivity contribution in [1.82, 2.24) is 4.57 Å². The molecular formula is C19H18N2O2S. The van der Waals surface area contributed by atoms with Gasteiger partial charge >= 0.3 is 0 Å². The number of amides is 1. The molecule has 4 nitrogen and oxygen atoms in total. The summed E-state index contributed by atoms with van der Waals surface area (Å²) in [7, 11) is 0. The smallest absolute Gasteiger partial charge is 0.244 e. The fourth-order valence-electron chi connectivity index (χ4n) is 2.62. The van der Waals surface area contributed by atoms with Gasteiger partial charge in [-0.15, -0.1) is 11.8 Å². The summed E-state index contributed by atoms with van der Waals surface area (Å²) in [6, 6.07) is 14.9. The average Bonchev–Trinajstić information content (AvgIpc) is 2.57. The molecule has 1 heterocycles. The quantitative estimate of drug-likeness (QED) is 0.739. The van der Waals surface area contributed by atoms with Gasteiger partial charge in [0.1, 0.15) is 6.54 Å². The summed E-state index contributed by atoms with van der Waals surface area (Å²) in [5, 5.41) is 3.54. The second-order valence-corrected chi connectivity index (χ2v) is 6.49. The largest absolute Gasteiger partial charge is 0.338 e. The molecule has 0 radical (unpaired) electrons. The van der Waals surface area contributed by atoms with Crippen molar-refractivity contribution >= 4 is 34.3 Å². The van der Waals surface area contributed by atoms with Gasteiger partial charge in [0, 0.05) is 28.2 Å². The molecule has 0 bridgehead atoms. The number of pyridine rings is 1. The molecule has 3 aromatic rings. The minimum Gasteiger partial charge on any atom is -0.338 e. The minimum atomic E-state index is -0.126. The molecule has 3 rings (SSSR count). The van der Waals surface area contributed by atoms with Crippen LogP contribution in [0, 0.1) is 6.92 Å². The summed E-state index contributed by atoms with van der Waals surface area (Å²) >= 11 is 1.63. The Morgan fingerprint density at radius 2 is 2.00 bits per heavy atom. The normalized spacial score (nSPS) is 10.8. The van der Waals surface area contributed by atoms with Gasteiger partial charge in [-0.25, -0.2) is 0 Å². The second kappa shape index (κ2) is 6.93. The highest BCUT2D eigenvalue weighted by atomic mass is 32.2. The highest BCUT2D eigenvalue weighted by molar-refractivity contribution is 7.98. The third-order valence-electron chi connectivity index (χ3n) is 3.80. The van der Waals surface area contributed by atoms with Gasteiger partial charge in [0.15, 0.2) is 5.43 Å². The number of aromatic nitrogens is 1. The first-order valence-electron chi connectivity index (χ1n) is 7.60. The molecule has 0 unspecified atom stereocenters. The van der Waals surface area contributed by atoms with Gasteiger partial charge in [-0.1, -0.05) is 17.7 Å². The molecule has 122 valence electrons. The lowest BCUT2D eigenvalue weighted by atomic mass is 10.1. The van der Waals surface area contributed by atoms with Crippen LogP contribution in [0.25, 0.3) is 10.9 Å². The summed E-state index contributed by atoms with van der Waals surface area (Å²) in [6.45, 7) is 2.10. The van der Waals surface area contributed by atoms with E-state index in [1.165, 1.54) is 6.07 Å². The second-order valence-electron chi connectivity index (χ2n) is 5.61. The van der Waals surface area contributed by atoms with E-state index < -0.39 is 0 Å². The number of carbonyl (C=O) groups excluding carboxylic acids is 1. The highest BCUT2D eigenvalue weighted by Gasteiger charge is 2.08. The number of thioether (sulfide) groups is 1. The summed E-state index contributed by atoms with van der Waals surface area (Å²) < 4.78 is 1.80. The monoisotopic (exact) mass is 338 g/mol. The Morgan fingerprint density at radius 1 is 1.17 bits per heavy atom. The first-order chi connectivity index (χ1) is 11.6.